The van der Waals surface area contributed by atoms with Crippen LogP contribution in [0.2, 0.25) is 0 Å². The third-order valence-corrected chi connectivity index (χ3v) is 2.65. The highest BCUT2D eigenvalue weighted by molar-refractivity contribution is 5.48. The number of hydrogen-bond donors (Lipinski definition) is 1. The zero-order valence-electron chi connectivity index (χ0n) is 11.3. The van der Waals surface area contributed by atoms with Gasteiger partial charge in [-0.2, -0.15) is 5.10 Å². The quantitative estimate of drug-likeness (QED) is 0.775. The molecule has 5 nitrogen and oxygen atoms in total. The summed E-state index contributed by atoms with van der Waals surface area (Å²) < 4.78 is 12.3. The summed E-state index contributed by atoms with van der Waals surface area (Å²) in [5.41, 5.74) is 2.17. The van der Waals surface area contributed by atoms with Gasteiger partial charge in [0.1, 0.15) is 12.4 Å². The number of hydrogen-bond acceptors (Lipinski definition) is 4. The van der Waals surface area contributed by atoms with Gasteiger partial charge in [0, 0.05) is 44.2 Å². The van der Waals surface area contributed by atoms with Crippen LogP contribution in [0.15, 0.2) is 36.7 Å². The average Bonchev–Trinajstić information content (AvgIpc) is 2.83. The second-order valence-corrected chi connectivity index (χ2v) is 4.24. The Hall–Kier alpha value is -2.01. The largest absolute Gasteiger partial charge is 0.491 e. The van der Waals surface area contributed by atoms with E-state index in [0.29, 0.717) is 13.2 Å². The van der Waals surface area contributed by atoms with E-state index >= 15 is 0 Å². The molecule has 0 atom stereocenters. The summed E-state index contributed by atoms with van der Waals surface area (Å²) in [5, 5.41) is 7.47. The van der Waals surface area contributed by atoms with Crippen LogP contribution in [0.5, 0.6) is 5.75 Å². The molecular weight excluding hydrogens is 242 g/mol. The summed E-state index contributed by atoms with van der Waals surface area (Å²) in [7, 11) is 3.57. The molecule has 0 spiro atoms. The number of benzene rings is 1. The van der Waals surface area contributed by atoms with Gasteiger partial charge in [0.25, 0.3) is 0 Å². The van der Waals surface area contributed by atoms with E-state index in [0.717, 1.165) is 23.5 Å². The van der Waals surface area contributed by atoms with Crippen LogP contribution in [0.3, 0.4) is 0 Å². The van der Waals surface area contributed by atoms with Crippen LogP contribution in [-0.4, -0.2) is 30.1 Å². The van der Waals surface area contributed by atoms with Crippen LogP contribution >= 0.6 is 0 Å². The molecule has 2 rings (SSSR count). The molecule has 0 aliphatic heterocycles. The molecule has 0 saturated carbocycles. The Morgan fingerprint density at radius 3 is 2.95 bits per heavy atom. The van der Waals surface area contributed by atoms with Crippen LogP contribution in [0.1, 0.15) is 5.56 Å². The third-order valence-electron chi connectivity index (χ3n) is 2.65. The Balaban J connectivity index is 1.87. The average molecular weight is 261 g/mol. The fourth-order valence-electron chi connectivity index (χ4n) is 1.71. The maximum Gasteiger partial charge on any atom is 0.121 e. The van der Waals surface area contributed by atoms with Crippen molar-refractivity contribution in [3.05, 3.63) is 42.2 Å². The predicted octanol–water partition coefficient (Wildman–Crippen LogP) is 2.06. The molecule has 0 bridgehead atoms. The molecule has 1 N–H and O–H groups in total. The van der Waals surface area contributed by atoms with Crippen molar-refractivity contribution in [2.24, 2.45) is 7.05 Å². The maximum atomic E-state index is 5.56. The van der Waals surface area contributed by atoms with Crippen molar-refractivity contribution < 1.29 is 9.47 Å². The van der Waals surface area contributed by atoms with Crippen LogP contribution in [0.25, 0.3) is 0 Å². The molecule has 0 amide bonds. The molecule has 0 unspecified atom stereocenters. The first-order valence-electron chi connectivity index (χ1n) is 6.21. The van der Waals surface area contributed by atoms with Crippen molar-refractivity contribution >= 4 is 5.69 Å². The molecule has 1 heterocycles. The SMILES string of the molecule is COCCOc1cccc(NCc2cnn(C)c2)c1. The lowest BCUT2D eigenvalue weighted by Crippen LogP contribution is -2.04. The topological polar surface area (TPSA) is 48.3 Å². The highest BCUT2D eigenvalue weighted by Crippen LogP contribution is 2.17. The minimum atomic E-state index is 0.558. The first-order valence-corrected chi connectivity index (χ1v) is 6.21. The van der Waals surface area contributed by atoms with Crippen molar-refractivity contribution in [2.45, 2.75) is 6.54 Å². The number of nitrogens with one attached hydrogen (secondary N) is 1. The highest BCUT2D eigenvalue weighted by Gasteiger charge is 1.99. The van der Waals surface area contributed by atoms with E-state index < -0.39 is 0 Å². The maximum absolute atomic E-state index is 5.56. The molecule has 2 aromatic rings. The van der Waals surface area contributed by atoms with E-state index in [-0.39, 0.29) is 0 Å². The van der Waals surface area contributed by atoms with Gasteiger partial charge in [0.15, 0.2) is 0 Å². The van der Waals surface area contributed by atoms with E-state index in [4.69, 9.17) is 9.47 Å². The van der Waals surface area contributed by atoms with Gasteiger partial charge in [-0.3, -0.25) is 4.68 Å². The summed E-state index contributed by atoms with van der Waals surface area (Å²) in [6.07, 6.45) is 3.85. The van der Waals surface area contributed by atoms with Crippen molar-refractivity contribution in [1.82, 2.24) is 9.78 Å². The van der Waals surface area contributed by atoms with Crippen LogP contribution < -0.4 is 10.1 Å². The molecule has 1 aromatic heterocycles. The molecular formula is C14H19N3O2. The number of aromatic nitrogens is 2. The fraction of sp³-hybridized carbons (Fsp3) is 0.357. The van der Waals surface area contributed by atoms with Gasteiger partial charge in [0.05, 0.1) is 12.8 Å². The predicted molar refractivity (Wildman–Crippen MR) is 74.3 cm³/mol. The Morgan fingerprint density at radius 2 is 2.21 bits per heavy atom. The zero-order chi connectivity index (χ0) is 13.5. The van der Waals surface area contributed by atoms with E-state index in [9.17, 15) is 0 Å². The van der Waals surface area contributed by atoms with Crippen LogP contribution in [0.4, 0.5) is 5.69 Å². The monoisotopic (exact) mass is 261 g/mol. The second-order valence-electron chi connectivity index (χ2n) is 4.24. The van der Waals surface area contributed by atoms with E-state index in [1.807, 2.05) is 43.7 Å². The van der Waals surface area contributed by atoms with Crippen LogP contribution in [-0.2, 0) is 18.3 Å². The lowest BCUT2D eigenvalue weighted by molar-refractivity contribution is 0.146. The number of anilines is 1. The first kappa shape index (κ1) is 13.4. The lowest BCUT2D eigenvalue weighted by atomic mass is 10.3. The molecule has 0 aliphatic rings. The summed E-state index contributed by atoms with van der Waals surface area (Å²) in [6.45, 7) is 1.89. The van der Waals surface area contributed by atoms with Gasteiger partial charge in [0.2, 0.25) is 0 Å². The number of nitrogens with zero attached hydrogens (tertiary/aromatic N) is 2. The first-order chi connectivity index (χ1) is 9.28. The summed E-state index contributed by atoms with van der Waals surface area (Å²) in [5.74, 6) is 0.841. The van der Waals surface area contributed by atoms with Gasteiger partial charge < -0.3 is 14.8 Å². The second kappa shape index (κ2) is 6.80. The smallest absolute Gasteiger partial charge is 0.121 e. The Kier molecular flexibility index (Phi) is 4.80. The minimum Gasteiger partial charge on any atom is -0.491 e. The van der Waals surface area contributed by atoms with Gasteiger partial charge in [-0.05, 0) is 12.1 Å². The molecule has 0 radical (unpaired) electrons. The van der Waals surface area contributed by atoms with Crippen molar-refractivity contribution in [1.29, 1.82) is 0 Å². The zero-order valence-corrected chi connectivity index (χ0v) is 11.3. The molecule has 0 fully saturated rings. The number of methoxy groups -OCH3 is 1. The van der Waals surface area contributed by atoms with E-state index in [2.05, 4.69) is 10.4 Å². The van der Waals surface area contributed by atoms with Crippen LogP contribution in [0, 0.1) is 0 Å². The van der Waals surface area contributed by atoms with Gasteiger partial charge in [-0.25, -0.2) is 0 Å². The van der Waals surface area contributed by atoms with Gasteiger partial charge in [-0.1, -0.05) is 6.07 Å². The molecule has 1 aromatic carbocycles. The van der Waals surface area contributed by atoms with Crippen molar-refractivity contribution in [3.8, 4) is 5.75 Å². The standard InChI is InChI=1S/C14H19N3O2/c1-17-11-12(10-16-17)9-15-13-4-3-5-14(8-13)19-7-6-18-2/h3-5,8,10-11,15H,6-7,9H2,1-2H3. The summed E-state index contributed by atoms with van der Waals surface area (Å²) in [6, 6.07) is 7.89. The van der Waals surface area contributed by atoms with Gasteiger partial charge in [-0.15, -0.1) is 0 Å². The fourth-order valence-corrected chi connectivity index (χ4v) is 1.71. The van der Waals surface area contributed by atoms with Gasteiger partial charge >= 0.3 is 0 Å². The molecule has 5 heteroatoms. The Bertz CT molecular complexity index is 511. The Morgan fingerprint density at radius 1 is 1.32 bits per heavy atom. The van der Waals surface area contributed by atoms with Crippen molar-refractivity contribution in [2.75, 3.05) is 25.6 Å². The van der Waals surface area contributed by atoms with E-state index in [1.165, 1.54) is 0 Å². The number of ether oxygens (including phenoxy) is 2. The number of rotatable bonds is 7. The van der Waals surface area contributed by atoms with Crippen molar-refractivity contribution in [3.63, 3.8) is 0 Å². The molecule has 102 valence electrons. The minimum absolute atomic E-state index is 0.558. The highest BCUT2D eigenvalue weighted by atomic mass is 16.5. The summed E-state index contributed by atoms with van der Waals surface area (Å²) in [4.78, 5) is 0. The molecule has 0 saturated heterocycles. The molecule has 0 aliphatic carbocycles. The number of aryl methyl sites for hydroxylation is 1. The Labute approximate surface area is 113 Å². The normalized spacial score (nSPS) is 10.4. The third kappa shape index (κ3) is 4.30. The summed E-state index contributed by atoms with van der Waals surface area (Å²) >= 11 is 0. The van der Waals surface area contributed by atoms with E-state index in [1.54, 1.807) is 11.8 Å². The molecule has 19 heavy (non-hydrogen) atoms. The lowest BCUT2D eigenvalue weighted by Gasteiger charge is -2.09.